The van der Waals surface area contributed by atoms with E-state index in [1.807, 2.05) is 22.8 Å². The molecule has 4 nitrogen and oxygen atoms in total. The van der Waals surface area contributed by atoms with Crippen molar-refractivity contribution in [2.45, 2.75) is 31.7 Å². The molecule has 4 heteroatoms. The zero-order chi connectivity index (χ0) is 11.8. The molecule has 17 heavy (non-hydrogen) atoms. The Morgan fingerprint density at radius 3 is 2.94 bits per heavy atom. The number of aliphatic hydroxyl groups is 1. The average molecular weight is 232 g/mol. The van der Waals surface area contributed by atoms with Crippen LogP contribution in [0.3, 0.4) is 0 Å². The van der Waals surface area contributed by atoms with Crippen molar-refractivity contribution in [2.75, 3.05) is 6.61 Å². The van der Waals surface area contributed by atoms with Gasteiger partial charge in [-0.1, -0.05) is 6.07 Å². The van der Waals surface area contributed by atoms with Gasteiger partial charge in [-0.25, -0.2) is 4.79 Å². The van der Waals surface area contributed by atoms with Gasteiger partial charge in [-0.15, -0.1) is 0 Å². The number of nitrogens with one attached hydrogen (secondary N) is 1. The summed E-state index contributed by atoms with van der Waals surface area (Å²) >= 11 is 0. The van der Waals surface area contributed by atoms with E-state index in [1.165, 1.54) is 0 Å². The third-order valence-electron chi connectivity index (χ3n) is 3.32. The Morgan fingerprint density at radius 1 is 1.41 bits per heavy atom. The highest BCUT2D eigenvalue weighted by Gasteiger charge is 2.26. The average Bonchev–Trinajstić information content (AvgIpc) is 3.09. The van der Waals surface area contributed by atoms with Crippen molar-refractivity contribution in [3.8, 4) is 0 Å². The summed E-state index contributed by atoms with van der Waals surface area (Å²) in [7, 11) is 0. The van der Waals surface area contributed by atoms with Crippen LogP contribution < -0.4 is 5.69 Å². The van der Waals surface area contributed by atoms with Crippen molar-refractivity contribution in [1.29, 1.82) is 0 Å². The number of benzene rings is 1. The first-order valence-electron chi connectivity index (χ1n) is 6.13. The lowest BCUT2D eigenvalue weighted by molar-refractivity contribution is 0.288. The molecule has 0 atom stereocenters. The molecule has 1 saturated carbocycles. The topological polar surface area (TPSA) is 58.0 Å². The summed E-state index contributed by atoms with van der Waals surface area (Å²) in [6.45, 7) is 0.206. The fourth-order valence-corrected chi connectivity index (χ4v) is 2.31. The Morgan fingerprint density at radius 2 is 2.24 bits per heavy atom. The lowest BCUT2D eigenvalue weighted by Crippen LogP contribution is -2.14. The standard InChI is InChI=1S/C13H16N2O2/c16-7-1-2-9-3-6-12-11(8-9)14-13(17)15(12)10-4-5-10/h3,6,8,10,16H,1-2,4-5,7H2,(H,14,17). The summed E-state index contributed by atoms with van der Waals surface area (Å²) in [4.78, 5) is 14.7. The second-order valence-electron chi connectivity index (χ2n) is 4.71. The van der Waals surface area contributed by atoms with Crippen molar-refractivity contribution >= 4 is 11.0 Å². The second-order valence-corrected chi connectivity index (χ2v) is 4.71. The molecule has 1 aliphatic carbocycles. The predicted molar refractivity (Wildman–Crippen MR) is 66.2 cm³/mol. The zero-order valence-corrected chi connectivity index (χ0v) is 9.65. The van der Waals surface area contributed by atoms with Gasteiger partial charge in [-0.05, 0) is 43.4 Å². The molecule has 0 radical (unpaired) electrons. The van der Waals surface area contributed by atoms with E-state index in [1.54, 1.807) is 0 Å². The van der Waals surface area contributed by atoms with E-state index < -0.39 is 0 Å². The fourth-order valence-electron chi connectivity index (χ4n) is 2.31. The number of aliphatic hydroxyl groups excluding tert-OH is 1. The zero-order valence-electron chi connectivity index (χ0n) is 9.65. The number of aryl methyl sites for hydroxylation is 1. The summed E-state index contributed by atoms with van der Waals surface area (Å²) in [6, 6.07) is 6.48. The van der Waals surface area contributed by atoms with Gasteiger partial charge in [0.2, 0.25) is 0 Å². The van der Waals surface area contributed by atoms with Crippen LogP contribution in [0.4, 0.5) is 0 Å². The van der Waals surface area contributed by atoms with Crippen LogP contribution in [0.1, 0.15) is 30.9 Å². The number of aromatic amines is 1. The van der Waals surface area contributed by atoms with E-state index >= 15 is 0 Å². The highest BCUT2D eigenvalue weighted by Crippen LogP contribution is 2.35. The Labute approximate surface area is 98.9 Å². The molecule has 0 aliphatic heterocycles. The minimum Gasteiger partial charge on any atom is -0.396 e. The molecule has 1 aromatic carbocycles. The molecule has 90 valence electrons. The molecule has 0 spiro atoms. The van der Waals surface area contributed by atoms with Gasteiger partial charge in [0.25, 0.3) is 0 Å². The molecule has 0 bridgehead atoms. The molecule has 2 N–H and O–H groups in total. The van der Waals surface area contributed by atoms with Gasteiger partial charge >= 0.3 is 5.69 Å². The number of aromatic nitrogens is 2. The Bertz CT molecular complexity index is 593. The SMILES string of the molecule is O=c1[nH]c2cc(CCCO)ccc2n1C1CC1. The van der Waals surface area contributed by atoms with Crippen LogP contribution in [0, 0.1) is 0 Å². The van der Waals surface area contributed by atoms with E-state index in [9.17, 15) is 4.79 Å². The number of imidazole rings is 1. The Balaban J connectivity index is 2.03. The lowest BCUT2D eigenvalue weighted by Gasteiger charge is -2.02. The maximum Gasteiger partial charge on any atom is 0.326 e. The van der Waals surface area contributed by atoms with Crippen LogP contribution >= 0.6 is 0 Å². The normalized spacial score (nSPS) is 15.6. The molecular formula is C13H16N2O2. The van der Waals surface area contributed by atoms with Crippen molar-refractivity contribution in [3.63, 3.8) is 0 Å². The molecule has 0 unspecified atom stereocenters. The van der Waals surface area contributed by atoms with Crippen LogP contribution in [0.15, 0.2) is 23.0 Å². The van der Waals surface area contributed by atoms with Gasteiger partial charge in [0, 0.05) is 12.6 Å². The van der Waals surface area contributed by atoms with Gasteiger partial charge in [0.05, 0.1) is 11.0 Å². The molecule has 3 rings (SSSR count). The molecule has 0 saturated heterocycles. The number of H-pyrrole nitrogens is 1. The predicted octanol–water partition coefficient (Wildman–Crippen LogP) is 1.59. The Hall–Kier alpha value is -1.55. The summed E-state index contributed by atoms with van der Waals surface area (Å²) in [5, 5.41) is 8.81. The van der Waals surface area contributed by atoms with Crippen LogP contribution in [0.25, 0.3) is 11.0 Å². The van der Waals surface area contributed by atoms with Crippen LogP contribution in [-0.2, 0) is 6.42 Å². The quantitative estimate of drug-likeness (QED) is 0.841. The highest BCUT2D eigenvalue weighted by atomic mass is 16.2. The third kappa shape index (κ3) is 1.89. The van der Waals surface area contributed by atoms with E-state index in [0.717, 1.165) is 42.3 Å². The minimum absolute atomic E-state index is 0.00167. The number of nitrogens with zero attached hydrogens (tertiary/aromatic N) is 1. The smallest absolute Gasteiger partial charge is 0.326 e. The Kier molecular flexibility index (Phi) is 2.52. The summed E-state index contributed by atoms with van der Waals surface area (Å²) in [6.07, 6.45) is 3.83. The number of hydrogen-bond donors (Lipinski definition) is 2. The van der Waals surface area contributed by atoms with Gasteiger partial charge in [-0.3, -0.25) is 4.57 Å². The van der Waals surface area contributed by atoms with Crippen LogP contribution in [0.5, 0.6) is 0 Å². The summed E-state index contributed by atoms with van der Waals surface area (Å²) in [5.74, 6) is 0. The van der Waals surface area contributed by atoms with E-state index in [0.29, 0.717) is 6.04 Å². The van der Waals surface area contributed by atoms with Gasteiger partial charge in [-0.2, -0.15) is 0 Å². The van der Waals surface area contributed by atoms with E-state index in [4.69, 9.17) is 5.11 Å². The maximum atomic E-state index is 11.8. The molecule has 1 aliphatic rings. The summed E-state index contributed by atoms with van der Waals surface area (Å²) in [5.41, 5.74) is 3.08. The lowest BCUT2D eigenvalue weighted by atomic mass is 10.1. The molecule has 0 amide bonds. The van der Waals surface area contributed by atoms with Crippen molar-refractivity contribution in [2.24, 2.45) is 0 Å². The van der Waals surface area contributed by atoms with Gasteiger partial charge in [0.15, 0.2) is 0 Å². The van der Waals surface area contributed by atoms with Gasteiger partial charge in [0.1, 0.15) is 0 Å². The first-order chi connectivity index (χ1) is 8.29. The largest absolute Gasteiger partial charge is 0.396 e. The first kappa shape index (κ1) is 10.6. The van der Waals surface area contributed by atoms with Crippen molar-refractivity contribution in [1.82, 2.24) is 9.55 Å². The summed E-state index contributed by atoms with van der Waals surface area (Å²) < 4.78 is 1.87. The highest BCUT2D eigenvalue weighted by molar-refractivity contribution is 5.76. The number of rotatable bonds is 4. The maximum absolute atomic E-state index is 11.8. The van der Waals surface area contributed by atoms with Crippen molar-refractivity contribution < 1.29 is 5.11 Å². The first-order valence-corrected chi connectivity index (χ1v) is 6.13. The fraction of sp³-hybridized carbons (Fsp3) is 0.462. The molecule has 2 aromatic rings. The molecule has 1 fully saturated rings. The van der Waals surface area contributed by atoms with Crippen LogP contribution in [0.2, 0.25) is 0 Å². The van der Waals surface area contributed by atoms with E-state index in [2.05, 4.69) is 4.98 Å². The number of fused-ring (bicyclic) bond motifs is 1. The second kappa shape index (κ2) is 4.04. The van der Waals surface area contributed by atoms with Gasteiger partial charge < -0.3 is 10.1 Å². The molecule has 1 aromatic heterocycles. The van der Waals surface area contributed by atoms with Crippen LogP contribution in [-0.4, -0.2) is 21.3 Å². The minimum atomic E-state index is 0.00167. The third-order valence-corrected chi connectivity index (χ3v) is 3.32. The molecule has 1 heterocycles. The monoisotopic (exact) mass is 232 g/mol. The van der Waals surface area contributed by atoms with E-state index in [-0.39, 0.29) is 12.3 Å². The number of hydrogen-bond acceptors (Lipinski definition) is 2. The molecular weight excluding hydrogens is 216 g/mol. The van der Waals surface area contributed by atoms with Crippen molar-refractivity contribution in [3.05, 3.63) is 34.2 Å².